The average molecular weight is 827 g/mol. The number of carboxylic acid groups (broad SMARTS) is 1. The van der Waals surface area contributed by atoms with Crippen molar-refractivity contribution in [1.29, 1.82) is 0 Å². The number of fused-ring (bicyclic) bond motifs is 1. The molecule has 55 heavy (non-hydrogen) atoms. The lowest BCUT2D eigenvalue weighted by Crippen LogP contribution is -2.62. The molecule has 304 valence electrons. The fraction of sp³-hybridized carbons (Fsp3) is 0.590. The van der Waals surface area contributed by atoms with Crippen LogP contribution in [0.4, 0.5) is 0 Å². The minimum absolute atomic E-state index is 0.137. The first-order valence-corrected chi connectivity index (χ1v) is 19.7. The number of halogens is 3. The summed E-state index contributed by atoms with van der Waals surface area (Å²) >= 11 is 17.2. The summed E-state index contributed by atoms with van der Waals surface area (Å²) in [5.41, 5.74) is 4.79. The molecule has 2 fully saturated rings. The van der Waals surface area contributed by atoms with Crippen molar-refractivity contribution in [1.82, 2.24) is 26.1 Å². The Hall–Kier alpha value is -3.49. The topological polar surface area (TPSA) is 176 Å². The molecule has 2 aromatic rings. The lowest BCUT2D eigenvalue weighted by atomic mass is 9.89. The van der Waals surface area contributed by atoms with Crippen molar-refractivity contribution in [2.75, 3.05) is 26.4 Å². The Morgan fingerprint density at radius 3 is 2.35 bits per heavy atom. The summed E-state index contributed by atoms with van der Waals surface area (Å²) < 4.78 is 8.90. The summed E-state index contributed by atoms with van der Waals surface area (Å²) in [6, 6.07) is 7.40. The van der Waals surface area contributed by atoms with Gasteiger partial charge in [0.05, 0.1) is 10.9 Å². The lowest BCUT2D eigenvalue weighted by Gasteiger charge is -2.37. The van der Waals surface area contributed by atoms with Crippen LogP contribution < -0.4 is 16.1 Å². The van der Waals surface area contributed by atoms with E-state index in [-0.39, 0.29) is 23.7 Å². The number of carboxylic acids is 1. The van der Waals surface area contributed by atoms with E-state index in [1.807, 2.05) is 50.3 Å². The van der Waals surface area contributed by atoms with E-state index in [4.69, 9.17) is 59.2 Å². The number of carbonyl (C=O) groups excluding carboxylic acids is 4. The number of nitrogens with zero attached hydrogens (tertiary/aromatic N) is 2. The standard InChI is InChI=1S/C37H50Cl3N5O6.C2H4O2/c1-6-27-12-11-26-10-9-24(20-29(26)41-27)13-16-36(4,5)35(49)43-31(23(2)3)32(46)42-30(21-25-14-18-50-19-15-25)33(47)45-17-7-8-28(44-45)34(48)51-22-37(38,39)40;1-2(3)4/h9-13,16,20,23,25,28,30-31,44H,6-8,14-15,17-19,21-22H2,1-5H3,(H,42,46)(H,43,49);1H3,(H,3,4)/b16-13+;. The van der Waals surface area contributed by atoms with Crippen molar-refractivity contribution < 1.29 is 38.6 Å². The van der Waals surface area contributed by atoms with Gasteiger partial charge in [0.2, 0.25) is 15.6 Å². The van der Waals surface area contributed by atoms with Crippen LogP contribution in [0.2, 0.25) is 0 Å². The quantitative estimate of drug-likeness (QED) is 0.143. The molecule has 0 aliphatic carbocycles. The van der Waals surface area contributed by atoms with Gasteiger partial charge in [0.15, 0.2) is 0 Å². The second-order valence-electron chi connectivity index (χ2n) is 14.8. The van der Waals surface area contributed by atoms with Crippen molar-refractivity contribution >= 4 is 81.4 Å². The van der Waals surface area contributed by atoms with Gasteiger partial charge in [-0.25, -0.2) is 5.43 Å². The molecule has 3 heterocycles. The Bertz CT molecular complexity index is 1670. The zero-order chi connectivity index (χ0) is 40.9. The molecule has 3 unspecified atom stereocenters. The van der Waals surface area contributed by atoms with Gasteiger partial charge in [-0.1, -0.05) is 85.9 Å². The summed E-state index contributed by atoms with van der Waals surface area (Å²) in [4.78, 5) is 68.0. The van der Waals surface area contributed by atoms with Crippen LogP contribution >= 0.6 is 34.8 Å². The number of hydrogen-bond acceptors (Lipinski definition) is 9. The SMILES string of the molecule is CC(=O)O.CCc1ccc2ccc(/C=C/C(C)(C)C(=O)NC(C(=O)NC(CC3CCOCC3)C(=O)N3CCCC(C(=O)OCC(Cl)(Cl)Cl)N3)C(C)C)cc2n1. The third-order valence-electron chi connectivity index (χ3n) is 9.29. The highest BCUT2D eigenvalue weighted by atomic mass is 35.6. The molecule has 0 saturated carbocycles. The molecule has 0 bridgehead atoms. The third-order valence-corrected chi connectivity index (χ3v) is 9.62. The molecular formula is C39H54Cl3N5O8. The number of hydrazine groups is 1. The summed E-state index contributed by atoms with van der Waals surface area (Å²) in [6.07, 6.45) is 7.35. The van der Waals surface area contributed by atoms with Gasteiger partial charge in [0.25, 0.3) is 11.9 Å². The summed E-state index contributed by atoms with van der Waals surface area (Å²) in [7, 11) is 0. The number of esters is 1. The Morgan fingerprint density at radius 1 is 1.07 bits per heavy atom. The second-order valence-corrected chi connectivity index (χ2v) is 17.3. The maximum Gasteiger partial charge on any atom is 0.325 e. The molecule has 4 N–H and O–H groups in total. The minimum Gasteiger partial charge on any atom is -0.481 e. The number of pyridine rings is 1. The highest BCUT2D eigenvalue weighted by Gasteiger charge is 2.38. The first-order chi connectivity index (χ1) is 25.8. The highest BCUT2D eigenvalue weighted by molar-refractivity contribution is 6.67. The van der Waals surface area contributed by atoms with E-state index in [1.165, 1.54) is 5.01 Å². The molecule has 0 radical (unpaired) electrons. The van der Waals surface area contributed by atoms with Gasteiger partial charge >= 0.3 is 5.97 Å². The summed E-state index contributed by atoms with van der Waals surface area (Å²) in [5.74, 6) is -2.81. The summed E-state index contributed by atoms with van der Waals surface area (Å²) in [6.45, 7) is 11.4. The van der Waals surface area contributed by atoms with E-state index in [0.29, 0.717) is 39.0 Å². The maximum absolute atomic E-state index is 14.0. The van der Waals surface area contributed by atoms with Crippen LogP contribution in [0.1, 0.15) is 84.9 Å². The molecule has 1 aromatic heterocycles. The van der Waals surface area contributed by atoms with Crippen LogP contribution in [-0.2, 0) is 39.9 Å². The van der Waals surface area contributed by atoms with Crippen molar-refractivity contribution in [3.8, 4) is 0 Å². The van der Waals surface area contributed by atoms with Gasteiger partial charge < -0.3 is 25.2 Å². The maximum atomic E-state index is 14.0. The fourth-order valence-electron chi connectivity index (χ4n) is 6.07. The van der Waals surface area contributed by atoms with Crippen molar-refractivity contribution in [3.63, 3.8) is 0 Å². The van der Waals surface area contributed by atoms with E-state index < -0.39 is 51.8 Å². The number of alkyl halides is 3. The zero-order valence-corrected chi connectivity index (χ0v) is 34.6. The van der Waals surface area contributed by atoms with E-state index in [0.717, 1.165) is 48.3 Å². The number of benzene rings is 1. The number of carbonyl (C=O) groups is 5. The van der Waals surface area contributed by atoms with E-state index in [1.54, 1.807) is 13.8 Å². The monoisotopic (exact) mass is 825 g/mol. The number of aromatic nitrogens is 1. The predicted octanol–water partition coefficient (Wildman–Crippen LogP) is 5.78. The number of ether oxygens (including phenoxy) is 2. The van der Waals surface area contributed by atoms with Crippen LogP contribution in [0.25, 0.3) is 17.0 Å². The molecule has 4 rings (SSSR count). The molecule has 3 amide bonds. The summed E-state index contributed by atoms with van der Waals surface area (Å²) in [5, 5.41) is 15.7. The molecule has 13 nitrogen and oxygen atoms in total. The lowest BCUT2D eigenvalue weighted by molar-refractivity contribution is -0.153. The minimum atomic E-state index is -1.76. The average Bonchev–Trinajstić information content (AvgIpc) is 3.13. The van der Waals surface area contributed by atoms with Gasteiger partial charge in [-0.15, -0.1) is 0 Å². The van der Waals surface area contributed by atoms with Gasteiger partial charge in [0, 0.05) is 37.8 Å². The van der Waals surface area contributed by atoms with Crippen LogP contribution in [0.5, 0.6) is 0 Å². The van der Waals surface area contributed by atoms with Gasteiger partial charge in [0.1, 0.15) is 24.7 Å². The van der Waals surface area contributed by atoms with Crippen LogP contribution in [0.3, 0.4) is 0 Å². The molecule has 16 heteroatoms. The second kappa shape index (κ2) is 21.2. The number of aliphatic carboxylic acids is 1. The zero-order valence-electron chi connectivity index (χ0n) is 32.3. The molecular weight excluding hydrogens is 773 g/mol. The Morgan fingerprint density at radius 2 is 1.73 bits per heavy atom. The van der Waals surface area contributed by atoms with Gasteiger partial charge in [-0.2, -0.15) is 0 Å². The van der Waals surface area contributed by atoms with E-state index in [9.17, 15) is 19.2 Å². The highest BCUT2D eigenvalue weighted by Crippen LogP contribution is 2.27. The Labute approximate surface area is 338 Å². The third kappa shape index (κ3) is 15.2. The number of rotatable bonds is 13. The molecule has 2 aliphatic heterocycles. The van der Waals surface area contributed by atoms with Crippen LogP contribution in [0.15, 0.2) is 36.4 Å². The van der Waals surface area contributed by atoms with Gasteiger partial charge in [-0.05, 0) is 81.9 Å². The van der Waals surface area contributed by atoms with Gasteiger partial charge in [-0.3, -0.25) is 34.0 Å². The smallest absolute Gasteiger partial charge is 0.325 e. The first-order valence-electron chi connectivity index (χ1n) is 18.6. The van der Waals surface area contributed by atoms with Crippen LogP contribution in [-0.4, -0.2) is 93.0 Å². The van der Waals surface area contributed by atoms with Crippen molar-refractivity contribution in [2.24, 2.45) is 17.3 Å². The van der Waals surface area contributed by atoms with Crippen molar-refractivity contribution in [2.45, 2.75) is 102 Å². The number of hydrogen-bond donors (Lipinski definition) is 4. The Kier molecular flexibility index (Phi) is 17.6. The number of nitrogens with one attached hydrogen (secondary N) is 3. The van der Waals surface area contributed by atoms with E-state index >= 15 is 0 Å². The largest absolute Gasteiger partial charge is 0.481 e. The molecule has 2 aliphatic rings. The van der Waals surface area contributed by atoms with E-state index in [2.05, 4.69) is 29.0 Å². The fourth-order valence-corrected chi connectivity index (χ4v) is 6.24. The first kappa shape index (κ1) is 45.9. The Balaban J connectivity index is 0.00000193. The van der Waals surface area contributed by atoms with Crippen LogP contribution in [0, 0.1) is 17.3 Å². The van der Waals surface area contributed by atoms with Crippen molar-refractivity contribution in [3.05, 3.63) is 47.7 Å². The molecule has 1 aromatic carbocycles. The molecule has 2 saturated heterocycles. The predicted molar refractivity (Wildman–Crippen MR) is 213 cm³/mol. The normalized spacial score (nSPS) is 17.9. The molecule has 0 spiro atoms. The number of amides is 3. The number of aryl methyl sites for hydroxylation is 1. The molecule has 3 atom stereocenters.